The lowest BCUT2D eigenvalue weighted by atomic mass is 10.3. The second kappa shape index (κ2) is 7.60. The van der Waals surface area contributed by atoms with E-state index in [1.807, 2.05) is 0 Å². The summed E-state index contributed by atoms with van der Waals surface area (Å²) in [5.74, 6) is -0.927. The Balaban J connectivity index is 1.88. The van der Waals surface area contributed by atoms with E-state index in [-0.39, 0.29) is 22.1 Å². The van der Waals surface area contributed by atoms with Crippen molar-refractivity contribution in [3.63, 3.8) is 0 Å². The highest BCUT2D eigenvalue weighted by atomic mass is 32.2. The predicted molar refractivity (Wildman–Crippen MR) is 98.0 cm³/mol. The fourth-order valence-corrected chi connectivity index (χ4v) is 4.55. The molecule has 2 heterocycles. The van der Waals surface area contributed by atoms with Crippen LogP contribution in [0.4, 0.5) is 5.69 Å². The van der Waals surface area contributed by atoms with E-state index in [1.165, 1.54) is 47.4 Å². The highest BCUT2D eigenvalue weighted by Crippen LogP contribution is 2.32. The molecule has 1 aromatic heterocycles. The zero-order valence-electron chi connectivity index (χ0n) is 15.3. The van der Waals surface area contributed by atoms with Crippen molar-refractivity contribution in [1.29, 1.82) is 0 Å². The van der Waals surface area contributed by atoms with E-state index in [0.717, 1.165) is 18.9 Å². The van der Waals surface area contributed by atoms with Crippen molar-refractivity contribution in [2.45, 2.75) is 17.7 Å². The Kier molecular flexibility index (Phi) is 5.38. The maximum atomic E-state index is 12.7. The molecule has 0 saturated carbocycles. The molecular weight excluding hydrogens is 390 g/mol. The molecule has 10 nitrogen and oxygen atoms in total. The first-order chi connectivity index (χ1) is 13.2. The third kappa shape index (κ3) is 3.71. The number of ether oxygens (including phenoxy) is 2. The number of sulfonamides is 1. The summed E-state index contributed by atoms with van der Waals surface area (Å²) in [4.78, 5) is 23.0. The molecule has 0 N–H and O–H groups in total. The van der Waals surface area contributed by atoms with Crippen LogP contribution >= 0.6 is 0 Å². The van der Waals surface area contributed by atoms with Crippen LogP contribution in [0.15, 0.2) is 35.4 Å². The molecule has 3 rings (SSSR count). The molecule has 2 aromatic rings. The summed E-state index contributed by atoms with van der Waals surface area (Å²) in [6.45, 7) is 0.879. The number of aryl methyl sites for hydroxylation is 1. The first kappa shape index (κ1) is 19.8. The van der Waals surface area contributed by atoms with E-state index in [1.54, 1.807) is 0 Å². The Hall–Kier alpha value is -2.92. The zero-order chi connectivity index (χ0) is 20.5. The maximum absolute atomic E-state index is 12.7. The van der Waals surface area contributed by atoms with E-state index >= 15 is 0 Å². The summed E-state index contributed by atoms with van der Waals surface area (Å²) >= 11 is 0. The smallest absolute Gasteiger partial charge is 0.360 e. The van der Waals surface area contributed by atoms with Crippen LogP contribution in [0.25, 0.3) is 0 Å². The van der Waals surface area contributed by atoms with Crippen LogP contribution in [-0.4, -0.2) is 48.4 Å². The van der Waals surface area contributed by atoms with Gasteiger partial charge in [0.15, 0.2) is 0 Å². The van der Waals surface area contributed by atoms with Gasteiger partial charge in [0, 0.05) is 26.3 Å². The normalized spacial score (nSPS) is 14.8. The van der Waals surface area contributed by atoms with Gasteiger partial charge in [-0.1, -0.05) is 0 Å². The Bertz CT molecular complexity index is 1020. The van der Waals surface area contributed by atoms with Gasteiger partial charge in [0.2, 0.25) is 15.8 Å². The Morgan fingerprint density at radius 2 is 1.89 bits per heavy atom. The minimum Gasteiger partial charge on any atom is -0.496 e. The average molecular weight is 409 g/mol. The van der Waals surface area contributed by atoms with Gasteiger partial charge in [0.1, 0.15) is 16.3 Å². The molecule has 0 bridgehead atoms. The van der Waals surface area contributed by atoms with Crippen molar-refractivity contribution < 1.29 is 27.6 Å². The molecule has 0 radical (unpaired) electrons. The maximum Gasteiger partial charge on any atom is 0.360 e. The van der Waals surface area contributed by atoms with E-state index in [2.05, 4.69) is 0 Å². The number of esters is 1. The van der Waals surface area contributed by atoms with Crippen LogP contribution in [0, 0.1) is 10.1 Å². The minimum absolute atomic E-state index is 0.0203. The molecule has 0 atom stereocenters. The second-order valence-electron chi connectivity index (χ2n) is 6.26. The van der Waals surface area contributed by atoms with E-state index in [9.17, 15) is 23.3 Å². The highest BCUT2D eigenvalue weighted by molar-refractivity contribution is 7.89. The first-order valence-corrected chi connectivity index (χ1v) is 9.89. The number of carbonyl (C=O) groups excluding carboxylic acids is 1. The van der Waals surface area contributed by atoms with Gasteiger partial charge in [-0.2, -0.15) is 4.31 Å². The molecule has 0 amide bonds. The number of nitro groups is 1. The van der Waals surface area contributed by atoms with Crippen molar-refractivity contribution in [1.82, 2.24) is 8.87 Å². The van der Waals surface area contributed by atoms with Crippen LogP contribution < -0.4 is 9.47 Å². The van der Waals surface area contributed by atoms with Crippen molar-refractivity contribution in [2.75, 3.05) is 20.2 Å². The number of hydrogen-bond donors (Lipinski definition) is 0. The number of methoxy groups -OCH3 is 1. The summed E-state index contributed by atoms with van der Waals surface area (Å²) in [6, 6.07) is 5.02. The fourth-order valence-electron chi connectivity index (χ4n) is 2.96. The highest BCUT2D eigenvalue weighted by Gasteiger charge is 2.30. The molecule has 0 unspecified atom stereocenters. The summed E-state index contributed by atoms with van der Waals surface area (Å²) in [6.07, 6.45) is 2.91. The van der Waals surface area contributed by atoms with Gasteiger partial charge in [-0.25, -0.2) is 13.2 Å². The molecule has 28 heavy (non-hydrogen) atoms. The van der Waals surface area contributed by atoms with E-state index < -0.39 is 26.6 Å². The summed E-state index contributed by atoms with van der Waals surface area (Å²) < 4.78 is 38.1. The molecule has 1 saturated heterocycles. The standard InChI is InChI=1S/C17H19N3O7S/c1-18-11-13(28(24,25)19-7-3-4-8-19)10-15(18)17(21)27-16-6-5-12(26-2)9-14(16)20(22)23/h5-6,9-11H,3-4,7-8H2,1-2H3. The Labute approximate surface area is 161 Å². The molecule has 0 spiro atoms. The lowest BCUT2D eigenvalue weighted by Crippen LogP contribution is -2.27. The van der Waals surface area contributed by atoms with Gasteiger partial charge in [0.25, 0.3) is 0 Å². The second-order valence-corrected chi connectivity index (χ2v) is 8.20. The third-order valence-corrected chi connectivity index (χ3v) is 6.32. The lowest BCUT2D eigenvalue weighted by Gasteiger charge is -2.13. The summed E-state index contributed by atoms with van der Waals surface area (Å²) in [5, 5.41) is 11.2. The minimum atomic E-state index is -3.70. The van der Waals surface area contributed by atoms with Crippen molar-refractivity contribution in [3.05, 3.63) is 46.3 Å². The number of benzene rings is 1. The SMILES string of the molecule is COc1ccc(OC(=O)c2cc(S(=O)(=O)N3CCCC3)cn2C)c([N+](=O)[O-])c1. The van der Waals surface area contributed by atoms with Gasteiger partial charge < -0.3 is 14.0 Å². The van der Waals surface area contributed by atoms with Crippen molar-refractivity contribution in [3.8, 4) is 11.5 Å². The summed E-state index contributed by atoms with van der Waals surface area (Å²) in [7, 11) is -0.837. The van der Waals surface area contributed by atoms with Gasteiger partial charge in [0.05, 0.1) is 18.1 Å². The van der Waals surface area contributed by atoms with Crippen molar-refractivity contribution in [2.24, 2.45) is 7.05 Å². The number of nitro benzene ring substituents is 1. The Morgan fingerprint density at radius 1 is 1.21 bits per heavy atom. The number of carbonyl (C=O) groups is 1. The fraction of sp³-hybridized carbons (Fsp3) is 0.353. The topological polar surface area (TPSA) is 121 Å². The molecule has 11 heteroatoms. The quantitative estimate of drug-likeness (QED) is 0.309. The molecule has 150 valence electrons. The van der Waals surface area contributed by atoms with Gasteiger partial charge in [-0.05, 0) is 31.0 Å². The zero-order valence-corrected chi connectivity index (χ0v) is 16.1. The van der Waals surface area contributed by atoms with Gasteiger partial charge >= 0.3 is 11.7 Å². The third-order valence-electron chi connectivity index (χ3n) is 4.46. The van der Waals surface area contributed by atoms with Crippen LogP contribution in [0.5, 0.6) is 11.5 Å². The van der Waals surface area contributed by atoms with Crippen molar-refractivity contribution >= 4 is 21.7 Å². The van der Waals surface area contributed by atoms with Crippen LogP contribution in [0.2, 0.25) is 0 Å². The number of aromatic nitrogens is 1. The molecule has 1 aliphatic rings. The van der Waals surface area contributed by atoms with Crippen LogP contribution in [0.3, 0.4) is 0 Å². The molecule has 0 aliphatic carbocycles. The monoisotopic (exact) mass is 409 g/mol. The Morgan fingerprint density at radius 3 is 2.50 bits per heavy atom. The lowest BCUT2D eigenvalue weighted by molar-refractivity contribution is -0.385. The first-order valence-electron chi connectivity index (χ1n) is 8.45. The summed E-state index contributed by atoms with van der Waals surface area (Å²) in [5.41, 5.74) is -0.477. The van der Waals surface area contributed by atoms with E-state index in [4.69, 9.17) is 9.47 Å². The van der Waals surface area contributed by atoms with Gasteiger partial charge in [-0.15, -0.1) is 0 Å². The van der Waals surface area contributed by atoms with Crippen LogP contribution in [-0.2, 0) is 17.1 Å². The molecule has 1 aliphatic heterocycles. The average Bonchev–Trinajstić information content (AvgIpc) is 3.32. The molecule has 1 fully saturated rings. The number of nitrogens with zero attached hydrogens (tertiary/aromatic N) is 3. The number of hydrogen-bond acceptors (Lipinski definition) is 7. The largest absolute Gasteiger partial charge is 0.496 e. The molecule has 1 aromatic carbocycles. The predicted octanol–water partition coefficient (Wildman–Crippen LogP) is 1.95. The van der Waals surface area contributed by atoms with Crippen LogP contribution in [0.1, 0.15) is 23.3 Å². The number of rotatable bonds is 6. The van der Waals surface area contributed by atoms with E-state index in [0.29, 0.717) is 13.1 Å². The molecular formula is C17H19N3O7S. The van der Waals surface area contributed by atoms with Gasteiger partial charge in [-0.3, -0.25) is 10.1 Å².